The first-order valence-corrected chi connectivity index (χ1v) is 10.2. The zero-order valence-corrected chi connectivity index (χ0v) is 16.3. The van der Waals surface area contributed by atoms with Crippen molar-refractivity contribution in [1.82, 2.24) is 20.3 Å². The maximum Gasteiger partial charge on any atom is 0.240 e. The van der Waals surface area contributed by atoms with Crippen molar-refractivity contribution in [2.75, 3.05) is 27.2 Å². The first kappa shape index (κ1) is 20.2. The van der Waals surface area contributed by atoms with Crippen LogP contribution in [0.25, 0.3) is 0 Å². The molecule has 1 aliphatic rings. The van der Waals surface area contributed by atoms with Gasteiger partial charge in [-0.25, -0.2) is 13.1 Å². The number of sulfonamides is 1. The Hall–Kier alpha value is -2.13. The standard InChI is InChI=1S/C17H27N5O3S/c1-4-16(23)22-10-9-14(12-22)21-17(18-2)20-11-13-5-7-15(8-6-13)26(24,25)19-3/h5-8,14,19H,4,9-12H2,1-3H3,(H2,18,20,21). The minimum absolute atomic E-state index is 0.175. The molecule has 1 fully saturated rings. The first-order valence-electron chi connectivity index (χ1n) is 8.67. The van der Waals surface area contributed by atoms with Crippen LogP contribution in [0.5, 0.6) is 0 Å². The van der Waals surface area contributed by atoms with E-state index in [-0.39, 0.29) is 16.8 Å². The lowest BCUT2D eigenvalue weighted by molar-refractivity contribution is -0.129. The molecule has 1 saturated heterocycles. The molecule has 8 nitrogen and oxygen atoms in total. The molecular formula is C17H27N5O3S. The number of amides is 1. The molecule has 0 aromatic heterocycles. The van der Waals surface area contributed by atoms with Crippen molar-refractivity contribution in [3.8, 4) is 0 Å². The molecule has 0 spiro atoms. The van der Waals surface area contributed by atoms with Gasteiger partial charge in [-0.05, 0) is 31.2 Å². The van der Waals surface area contributed by atoms with Crippen molar-refractivity contribution in [3.63, 3.8) is 0 Å². The third-order valence-electron chi connectivity index (χ3n) is 4.37. The van der Waals surface area contributed by atoms with Crippen LogP contribution in [-0.2, 0) is 21.4 Å². The van der Waals surface area contributed by atoms with E-state index in [2.05, 4.69) is 20.3 Å². The normalized spacial score (nSPS) is 18.0. The molecule has 9 heteroatoms. The summed E-state index contributed by atoms with van der Waals surface area (Å²) in [5, 5.41) is 6.54. The number of nitrogens with zero attached hydrogens (tertiary/aromatic N) is 2. The Morgan fingerprint density at radius 2 is 2.00 bits per heavy atom. The fraction of sp³-hybridized carbons (Fsp3) is 0.529. The van der Waals surface area contributed by atoms with Crippen LogP contribution in [0.2, 0.25) is 0 Å². The van der Waals surface area contributed by atoms with Crippen molar-refractivity contribution in [3.05, 3.63) is 29.8 Å². The Labute approximate surface area is 155 Å². The van der Waals surface area contributed by atoms with Crippen LogP contribution < -0.4 is 15.4 Å². The lowest BCUT2D eigenvalue weighted by Crippen LogP contribution is -2.44. The maximum atomic E-state index is 11.8. The van der Waals surface area contributed by atoms with Crippen LogP contribution in [0, 0.1) is 0 Å². The second kappa shape index (κ2) is 9.00. The first-order chi connectivity index (χ1) is 12.4. The van der Waals surface area contributed by atoms with E-state index in [1.54, 1.807) is 31.3 Å². The minimum Gasteiger partial charge on any atom is -0.352 e. The van der Waals surface area contributed by atoms with Gasteiger partial charge in [-0.3, -0.25) is 9.79 Å². The number of hydrogen-bond donors (Lipinski definition) is 3. The van der Waals surface area contributed by atoms with Crippen molar-refractivity contribution < 1.29 is 13.2 Å². The second-order valence-electron chi connectivity index (χ2n) is 6.10. The molecule has 26 heavy (non-hydrogen) atoms. The number of carbonyl (C=O) groups excluding carboxylic acids is 1. The molecule has 0 radical (unpaired) electrons. The summed E-state index contributed by atoms with van der Waals surface area (Å²) in [6, 6.07) is 6.86. The third-order valence-corrected chi connectivity index (χ3v) is 5.80. The van der Waals surface area contributed by atoms with Crippen LogP contribution in [0.4, 0.5) is 0 Å². The predicted molar refractivity (Wildman–Crippen MR) is 101 cm³/mol. The Morgan fingerprint density at radius 3 is 2.58 bits per heavy atom. The summed E-state index contributed by atoms with van der Waals surface area (Å²) < 4.78 is 25.8. The van der Waals surface area contributed by atoms with Gasteiger partial charge in [-0.1, -0.05) is 19.1 Å². The SMILES string of the molecule is CCC(=O)N1CCC(NC(=NC)NCc2ccc(S(=O)(=O)NC)cc2)C1. The van der Waals surface area contributed by atoms with E-state index in [4.69, 9.17) is 0 Å². The van der Waals surface area contributed by atoms with Crippen LogP contribution >= 0.6 is 0 Å². The average Bonchev–Trinajstić information content (AvgIpc) is 3.13. The molecule has 1 aromatic carbocycles. The summed E-state index contributed by atoms with van der Waals surface area (Å²) in [5.41, 5.74) is 0.942. The van der Waals surface area contributed by atoms with Gasteiger partial charge < -0.3 is 15.5 Å². The fourth-order valence-corrected chi connectivity index (χ4v) is 3.54. The highest BCUT2D eigenvalue weighted by Gasteiger charge is 2.25. The van der Waals surface area contributed by atoms with Gasteiger partial charge in [0.2, 0.25) is 15.9 Å². The van der Waals surface area contributed by atoms with Gasteiger partial charge in [0, 0.05) is 39.1 Å². The summed E-state index contributed by atoms with van der Waals surface area (Å²) in [5.74, 6) is 0.835. The molecule has 1 unspecified atom stereocenters. The summed E-state index contributed by atoms with van der Waals surface area (Å²) in [4.78, 5) is 18.1. The molecule has 144 valence electrons. The largest absolute Gasteiger partial charge is 0.352 e. The molecule has 0 aliphatic carbocycles. The monoisotopic (exact) mass is 381 g/mol. The minimum atomic E-state index is -3.42. The Bertz CT molecular complexity index is 746. The number of guanidine groups is 1. The fourth-order valence-electron chi connectivity index (χ4n) is 2.81. The van der Waals surface area contributed by atoms with E-state index >= 15 is 0 Å². The number of nitrogens with one attached hydrogen (secondary N) is 3. The molecule has 0 bridgehead atoms. The quantitative estimate of drug-likeness (QED) is 0.485. The lowest BCUT2D eigenvalue weighted by atomic mass is 10.2. The van der Waals surface area contributed by atoms with Gasteiger partial charge >= 0.3 is 0 Å². The Morgan fingerprint density at radius 1 is 1.31 bits per heavy atom. The van der Waals surface area contributed by atoms with E-state index in [0.717, 1.165) is 18.5 Å². The molecule has 1 amide bonds. The van der Waals surface area contributed by atoms with Gasteiger partial charge in [0.25, 0.3) is 0 Å². The highest BCUT2D eigenvalue weighted by atomic mass is 32.2. The number of likely N-dealkylation sites (tertiary alicyclic amines) is 1. The zero-order valence-electron chi connectivity index (χ0n) is 15.4. The molecule has 1 aromatic rings. The molecule has 0 saturated carbocycles. The van der Waals surface area contributed by atoms with Gasteiger partial charge in [-0.15, -0.1) is 0 Å². The molecule has 3 N–H and O–H groups in total. The average molecular weight is 382 g/mol. The molecule has 1 heterocycles. The summed E-state index contributed by atoms with van der Waals surface area (Å²) in [6.07, 6.45) is 1.42. The third kappa shape index (κ3) is 5.18. The zero-order chi connectivity index (χ0) is 19.2. The topological polar surface area (TPSA) is 103 Å². The lowest BCUT2D eigenvalue weighted by Gasteiger charge is -2.18. The van der Waals surface area contributed by atoms with Gasteiger partial charge in [-0.2, -0.15) is 0 Å². The smallest absolute Gasteiger partial charge is 0.240 e. The number of benzene rings is 1. The van der Waals surface area contributed by atoms with Gasteiger partial charge in [0.15, 0.2) is 5.96 Å². The highest BCUT2D eigenvalue weighted by Crippen LogP contribution is 2.11. The molecule has 1 aliphatic heterocycles. The van der Waals surface area contributed by atoms with Crippen molar-refractivity contribution in [2.24, 2.45) is 4.99 Å². The van der Waals surface area contributed by atoms with Crippen LogP contribution in [0.1, 0.15) is 25.3 Å². The number of rotatable bonds is 6. The van der Waals surface area contributed by atoms with E-state index in [1.807, 2.05) is 11.8 Å². The van der Waals surface area contributed by atoms with Crippen molar-refractivity contribution in [2.45, 2.75) is 37.2 Å². The maximum absolute atomic E-state index is 11.8. The van der Waals surface area contributed by atoms with E-state index < -0.39 is 10.0 Å². The summed E-state index contributed by atoms with van der Waals surface area (Å²) in [6.45, 7) is 3.84. The van der Waals surface area contributed by atoms with Gasteiger partial charge in [0.1, 0.15) is 0 Å². The van der Waals surface area contributed by atoms with Gasteiger partial charge in [0.05, 0.1) is 4.90 Å². The summed E-state index contributed by atoms with van der Waals surface area (Å²) in [7, 11) is -0.336. The van der Waals surface area contributed by atoms with E-state index in [0.29, 0.717) is 25.5 Å². The van der Waals surface area contributed by atoms with Crippen molar-refractivity contribution in [1.29, 1.82) is 0 Å². The molecule has 2 rings (SSSR count). The molecule has 1 atom stereocenters. The predicted octanol–water partition coefficient (Wildman–Crippen LogP) is 0.271. The summed E-state index contributed by atoms with van der Waals surface area (Å²) >= 11 is 0. The number of hydrogen-bond acceptors (Lipinski definition) is 4. The number of carbonyl (C=O) groups is 1. The van der Waals surface area contributed by atoms with Crippen LogP contribution in [0.3, 0.4) is 0 Å². The van der Waals surface area contributed by atoms with Crippen LogP contribution in [0.15, 0.2) is 34.2 Å². The van der Waals surface area contributed by atoms with E-state index in [1.165, 1.54) is 7.05 Å². The van der Waals surface area contributed by atoms with E-state index in [9.17, 15) is 13.2 Å². The molecular weight excluding hydrogens is 354 g/mol. The highest BCUT2D eigenvalue weighted by molar-refractivity contribution is 7.89. The Balaban J connectivity index is 1.87. The van der Waals surface area contributed by atoms with Crippen molar-refractivity contribution >= 4 is 21.9 Å². The van der Waals surface area contributed by atoms with Crippen LogP contribution in [-0.4, -0.2) is 58.4 Å². The Kier molecular flexibility index (Phi) is 6.98. The second-order valence-corrected chi connectivity index (χ2v) is 7.99. The number of aliphatic imine (C=N–C) groups is 1.